The molecule has 2 aliphatic carbocycles. The molecule has 1 N–H and O–H groups in total. The molecule has 6 heteroatoms. The van der Waals surface area contributed by atoms with Crippen LogP contribution in [0.15, 0.2) is 36.1 Å². The average Bonchev–Trinajstić information content (AvgIpc) is 2.93. The highest BCUT2D eigenvalue weighted by atomic mass is 32.2. The number of hydrogen-bond acceptors (Lipinski definition) is 5. The summed E-state index contributed by atoms with van der Waals surface area (Å²) in [6.45, 7) is 13.7. The minimum absolute atomic E-state index is 0.0136. The van der Waals surface area contributed by atoms with E-state index in [1.165, 1.54) is 5.57 Å². The van der Waals surface area contributed by atoms with E-state index in [2.05, 4.69) is 33.1 Å². The lowest BCUT2D eigenvalue weighted by molar-refractivity contribution is -0.154. The molecule has 7 atom stereocenters. The van der Waals surface area contributed by atoms with Gasteiger partial charge >= 0.3 is 11.4 Å². The Labute approximate surface area is 164 Å². The van der Waals surface area contributed by atoms with Gasteiger partial charge in [-0.05, 0) is 49.4 Å². The zero-order chi connectivity index (χ0) is 19.4. The predicted octanol–water partition coefficient (Wildman–Crippen LogP) is 3.59. The van der Waals surface area contributed by atoms with E-state index in [9.17, 15) is 9.32 Å². The molecule has 0 aromatic rings. The van der Waals surface area contributed by atoms with Gasteiger partial charge in [-0.1, -0.05) is 38.7 Å². The van der Waals surface area contributed by atoms with E-state index in [1.807, 2.05) is 0 Å². The van der Waals surface area contributed by atoms with Gasteiger partial charge in [-0.3, -0.25) is 8.37 Å². The molecule has 2 saturated heterocycles. The molecule has 150 valence electrons. The quantitative estimate of drug-likeness (QED) is 0.725. The molecule has 4 rings (SSSR count). The SMILES string of the molecule is C=C1OC[C@@H](O)/C1=C\C[C@@H]1C(=C)CC[C@@H]2[C@]3(C)CO[S@@](=O)O[C@@H]3CC[C@]21C. The molecule has 0 unspecified atom stereocenters. The molecule has 5 nitrogen and oxygen atoms in total. The fourth-order valence-corrected chi connectivity index (χ4v) is 7.00. The number of ether oxygens (including phenoxy) is 1. The molecule has 0 amide bonds. The van der Waals surface area contributed by atoms with Crippen molar-refractivity contribution in [1.29, 1.82) is 0 Å². The Bertz CT molecular complexity index is 715. The zero-order valence-corrected chi connectivity index (χ0v) is 17.1. The molecular formula is C21H30O5S. The highest BCUT2D eigenvalue weighted by Gasteiger charge is 2.60. The summed E-state index contributed by atoms with van der Waals surface area (Å²) in [5, 5.41) is 10.1. The Morgan fingerprint density at radius 3 is 2.78 bits per heavy atom. The van der Waals surface area contributed by atoms with Crippen molar-refractivity contribution >= 4 is 11.4 Å². The Kier molecular flexibility index (Phi) is 4.90. The monoisotopic (exact) mass is 394 g/mol. The van der Waals surface area contributed by atoms with Gasteiger partial charge in [0.15, 0.2) is 0 Å². The van der Waals surface area contributed by atoms with Gasteiger partial charge in [0.05, 0.1) is 12.7 Å². The predicted molar refractivity (Wildman–Crippen MR) is 104 cm³/mol. The van der Waals surface area contributed by atoms with Crippen molar-refractivity contribution in [3.05, 3.63) is 36.1 Å². The van der Waals surface area contributed by atoms with Crippen LogP contribution < -0.4 is 0 Å². The summed E-state index contributed by atoms with van der Waals surface area (Å²) in [5.41, 5.74) is 2.04. The third-order valence-corrected chi connectivity index (χ3v) is 8.35. The van der Waals surface area contributed by atoms with E-state index in [0.29, 0.717) is 30.8 Å². The van der Waals surface area contributed by atoms with Gasteiger partial charge in [-0.15, -0.1) is 0 Å². The highest BCUT2D eigenvalue weighted by molar-refractivity contribution is 7.75. The summed E-state index contributed by atoms with van der Waals surface area (Å²) in [5.74, 6) is 1.33. The van der Waals surface area contributed by atoms with E-state index in [4.69, 9.17) is 13.1 Å². The first-order valence-corrected chi connectivity index (χ1v) is 10.9. The number of aliphatic hydroxyl groups is 1. The fraction of sp³-hybridized carbons (Fsp3) is 0.714. The molecular weight excluding hydrogens is 364 g/mol. The van der Waals surface area contributed by atoms with Gasteiger partial charge in [0, 0.05) is 11.0 Å². The summed E-state index contributed by atoms with van der Waals surface area (Å²) in [7, 11) is 0. The van der Waals surface area contributed by atoms with Crippen LogP contribution in [0.2, 0.25) is 0 Å². The Morgan fingerprint density at radius 2 is 2.07 bits per heavy atom. The van der Waals surface area contributed by atoms with E-state index < -0.39 is 17.5 Å². The number of allylic oxidation sites excluding steroid dienone is 2. The van der Waals surface area contributed by atoms with E-state index >= 15 is 0 Å². The standard InChI is InChI=1S/C21H30O5S/c1-13-5-8-18-20(3,10-9-19-21(18,4)12-25-27(23)26-19)16(13)7-6-15-14(2)24-11-17(15)22/h6,16-19,22H,1-2,5,7-12H2,3-4H3/b15-6-/t16-,17-,18+,19-,20+,21+,27-/m1/s1. The normalized spacial score (nSPS) is 48.9. The van der Waals surface area contributed by atoms with Crippen molar-refractivity contribution in [2.24, 2.45) is 22.7 Å². The lowest BCUT2D eigenvalue weighted by atomic mass is 9.46. The second kappa shape index (κ2) is 6.83. The summed E-state index contributed by atoms with van der Waals surface area (Å²) in [4.78, 5) is 0. The minimum Gasteiger partial charge on any atom is -0.491 e. The molecule has 0 spiro atoms. The van der Waals surface area contributed by atoms with Crippen molar-refractivity contribution in [1.82, 2.24) is 0 Å². The number of rotatable bonds is 2. The third-order valence-electron chi connectivity index (χ3n) is 7.65. The largest absolute Gasteiger partial charge is 0.491 e. The second-order valence-electron chi connectivity index (χ2n) is 9.05. The Hall–Kier alpha value is -0.950. The Balaban J connectivity index is 1.62. The van der Waals surface area contributed by atoms with E-state index in [-0.39, 0.29) is 16.9 Å². The maximum atomic E-state index is 11.7. The Morgan fingerprint density at radius 1 is 1.30 bits per heavy atom. The van der Waals surface area contributed by atoms with E-state index in [0.717, 1.165) is 37.7 Å². The summed E-state index contributed by atoms with van der Waals surface area (Å²) in [6.07, 6.45) is 6.28. The molecule has 0 aromatic heterocycles. The van der Waals surface area contributed by atoms with Crippen molar-refractivity contribution in [3.8, 4) is 0 Å². The van der Waals surface area contributed by atoms with Gasteiger partial charge in [-0.2, -0.15) is 4.21 Å². The molecule has 2 aliphatic heterocycles. The maximum absolute atomic E-state index is 11.7. The van der Waals surface area contributed by atoms with Gasteiger partial charge < -0.3 is 9.84 Å². The van der Waals surface area contributed by atoms with Crippen LogP contribution >= 0.6 is 0 Å². The first-order valence-electron chi connectivity index (χ1n) is 9.86. The van der Waals surface area contributed by atoms with Crippen LogP contribution in [-0.2, 0) is 24.5 Å². The smallest absolute Gasteiger partial charge is 0.304 e. The van der Waals surface area contributed by atoms with Crippen molar-refractivity contribution < 1.29 is 22.4 Å². The van der Waals surface area contributed by atoms with Crippen LogP contribution in [0.4, 0.5) is 0 Å². The lowest BCUT2D eigenvalue weighted by Crippen LogP contribution is -2.60. The molecule has 2 saturated carbocycles. The topological polar surface area (TPSA) is 65.0 Å². The highest BCUT2D eigenvalue weighted by Crippen LogP contribution is 2.63. The van der Waals surface area contributed by atoms with Crippen LogP contribution in [0.1, 0.15) is 46.0 Å². The summed E-state index contributed by atoms with van der Waals surface area (Å²) >= 11 is -1.62. The average molecular weight is 395 g/mol. The minimum atomic E-state index is -1.62. The summed E-state index contributed by atoms with van der Waals surface area (Å²) < 4.78 is 28.2. The zero-order valence-electron chi connectivity index (χ0n) is 16.2. The van der Waals surface area contributed by atoms with Crippen molar-refractivity contribution in [3.63, 3.8) is 0 Å². The summed E-state index contributed by atoms with van der Waals surface area (Å²) in [6, 6.07) is 0. The lowest BCUT2D eigenvalue weighted by Gasteiger charge is -2.61. The fourth-order valence-electron chi connectivity index (χ4n) is 6.09. The van der Waals surface area contributed by atoms with Crippen LogP contribution in [0.25, 0.3) is 0 Å². The molecule has 0 radical (unpaired) electrons. The first kappa shape index (κ1) is 19.4. The van der Waals surface area contributed by atoms with Gasteiger partial charge in [-0.25, -0.2) is 0 Å². The van der Waals surface area contributed by atoms with Crippen LogP contribution in [0.5, 0.6) is 0 Å². The molecule has 0 aromatic carbocycles. The van der Waals surface area contributed by atoms with Gasteiger partial charge in [0.1, 0.15) is 18.5 Å². The molecule has 4 aliphatic rings. The van der Waals surface area contributed by atoms with Gasteiger partial charge in [0.25, 0.3) is 0 Å². The molecule has 4 fully saturated rings. The molecule has 0 bridgehead atoms. The molecule has 27 heavy (non-hydrogen) atoms. The van der Waals surface area contributed by atoms with Crippen molar-refractivity contribution in [2.45, 2.75) is 58.2 Å². The number of hydrogen-bond donors (Lipinski definition) is 1. The second-order valence-corrected chi connectivity index (χ2v) is 9.89. The first-order chi connectivity index (χ1) is 12.8. The third kappa shape index (κ3) is 3.05. The van der Waals surface area contributed by atoms with Crippen LogP contribution in [0, 0.1) is 22.7 Å². The molecule has 2 heterocycles. The van der Waals surface area contributed by atoms with Crippen LogP contribution in [0.3, 0.4) is 0 Å². The van der Waals surface area contributed by atoms with Crippen molar-refractivity contribution in [2.75, 3.05) is 13.2 Å². The van der Waals surface area contributed by atoms with Crippen LogP contribution in [-0.4, -0.2) is 34.7 Å². The number of aliphatic hydroxyl groups excluding tert-OH is 1. The number of fused-ring (bicyclic) bond motifs is 3. The van der Waals surface area contributed by atoms with E-state index in [1.54, 1.807) is 0 Å². The maximum Gasteiger partial charge on any atom is 0.304 e. The van der Waals surface area contributed by atoms with Gasteiger partial charge in [0.2, 0.25) is 0 Å².